The van der Waals surface area contributed by atoms with Gasteiger partial charge in [0.1, 0.15) is 10.4 Å². The van der Waals surface area contributed by atoms with E-state index >= 15 is 0 Å². The molecule has 0 spiro atoms. The molecule has 0 amide bonds. The Morgan fingerprint density at radius 3 is 3.18 bits per heavy atom. The van der Waals surface area contributed by atoms with Crippen molar-refractivity contribution in [2.45, 2.75) is 25.7 Å². The van der Waals surface area contributed by atoms with Crippen molar-refractivity contribution in [1.29, 1.82) is 0 Å². The van der Waals surface area contributed by atoms with Crippen LogP contribution in [0.15, 0.2) is 22.9 Å². The van der Waals surface area contributed by atoms with Crippen LogP contribution in [0.25, 0.3) is 5.52 Å². The number of nitrogens with one attached hydrogen (secondary N) is 1. The first-order valence-corrected chi connectivity index (χ1v) is 6.90. The molecule has 1 aliphatic rings. The second kappa shape index (κ2) is 4.42. The number of fused-ring (bicyclic) bond motifs is 1. The minimum atomic E-state index is 0.532. The SMILES string of the molecule is Cc1cccn2c(C3CCCNC3)nc(Br)c12. The molecule has 0 saturated carbocycles. The predicted molar refractivity (Wildman–Crippen MR) is 72.5 cm³/mol. The summed E-state index contributed by atoms with van der Waals surface area (Å²) in [4.78, 5) is 4.71. The molecule has 1 saturated heterocycles. The number of aryl methyl sites for hydroxylation is 1. The first-order chi connectivity index (χ1) is 8.27. The van der Waals surface area contributed by atoms with Gasteiger partial charge in [-0.2, -0.15) is 0 Å². The lowest BCUT2D eigenvalue weighted by atomic mass is 9.99. The van der Waals surface area contributed by atoms with Gasteiger partial charge in [-0.1, -0.05) is 6.07 Å². The first-order valence-electron chi connectivity index (χ1n) is 6.11. The summed E-state index contributed by atoms with van der Waals surface area (Å²) < 4.78 is 3.20. The lowest BCUT2D eigenvalue weighted by molar-refractivity contribution is 0.445. The van der Waals surface area contributed by atoms with Crippen molar-refractivity contribution >= 4 is 21.4 Å². The molecule has 3 rings (SSSR count). The molecular formula is C13H16BrN3. The first kappa shape index (κ1) is 11.2. The van der Waals surface area contributed by atoms with Gasteiger partial charge in [-0.3, -0.25) is 0 Å². The third kappa shape index (κ3) is 1.89. The monoisotopic (exact) mass is 293 g/mol. The Hall–Kier alpha value is -0.870. The van der Waals surface area contributed by atoms with Gasteiger partial charge in [-0.25, -0.2) is 4.98 Å². The minimum absolute atomic E-state index is 0.532. The predicted octanol–water partition coefficient (Wildman–Crippen LogP) is 2.87. The Bertz CT molecular complexity index is 541. The fourth-order valence-corrected chi connectivity index (χ4v) is 3.32. The number of halogens is 1. The van der Waals surface area contributed by atoms with Crippen LogP contribution in [0.1, 0.15) is 30.1 Å². The average Bonchev–Trinajstić information content (AvgIpc) is 2.69. The lowest BCUT2D eigenvalue weighted by Crippen LogP contribution is -2.29. The molecule has 1 atom stereocenters. The molecule has 90 valence electrons. The summed E-state index contributed by atoms with van der Waals surface area (Å²) in [6, 6.07) is 4.22. The molecule has 0 aromatic carbocycles. The van der Waals surface area contributed by atoms with E-state index in [1.807, 2.05) is 0 Å². The third-order valence-corrected chi connectivity index (χ3v) is 4.07. The zero-order valence-corrected chi connectivity index (χ0v) is 11.5. The van der Waals surface area contributed by atoms with Gasteiger partial charge in [0.2, 0.25) is 0 Å². The zero-order valence-electron chi connectivity index (χ0n) is 9.91. The molecule has 0 aliphatic carbocycles. The number of pyridine rings is 1. The second-order valence-corrected chi connectivity index (χ2v) is 5.47. The molecule has 3 heterocycles. The summed E-state index contributed by atoms with van der Waals surface area (Å²) in [5.41, 5.74) is 2.47. The number of imidazole rings is 1. The smallest absolute Gasteiger partial charge is 0.132 e. The topological polar surface area (TPSA) is 29.3 Å². The maximum absolute atomic E-state index is 4.71. The van der Waals surface area contributed by atoms with Crippen LogP contribution in [0.4, 0.5) is 0 Å². The standard InChI is InChI=1S/C13H16BrN3/c1-9-4-3-7-17-11(9)12(14)16-13(17)10-5-2-6-15-8-10/h3-4,7,10,15H,2,5-6,8H2,1H3. The number of aromatic nitrogens is 2. The van der Waals surface area contributed by atoms with Crippen molar-refractivity contribution < 1.29 is 0 Å². The van der Waals surface area contributed by atoms with Crippen molar-refractivity contribution in [1.82, 2.24) is 14.7 Å². The van der Waals surface area contributed by atoms with Gasteiger partial charge in [0.05, 0.1) is 5.52 Å². The lowest BCUT2D eigenvalue weighted by Gasteiger charge is -2.21. The molecule has 1 unspecified atom stereocenters. The maximum Gasteiger partial charge on any atom is 0.132 e. The van der Waals surface area contributed by atoms with Gasteiger partial charge < -0.3 is 9.72 Å². The van der Waals surface area contributed by atoms with Crippen molar-refractivity contribution in [2.24, 2.45) is 0 Å². The second-order valence-electron chi connectivity index (χ2n) is 4.71. The Morgan fingerprint density at radius 2 is 2.41 bits per heavy atom. The molecule has 0 bridgehead atoms. The van der Waals surface area contributed by atoms with E-state index in [0.717, 1.165) is 17.7 Å². The van der Waals surface area contributed by atoms with Crippen LogP contribution in [0.5, 0.6) is 0 Å². The van der Waals surface area contributed by atoms with E-state index in [9.17, 15) is 0 Å². The molecule has 17 heavy (non-hydrogen) atoms. The highest BCUT2D eigenvalue weighted by molar-refractivity contribution is 9.10. The van der Waals surface area contributed by atoms with Crippen LogP contribution in [0.3, 0.4) is 0 Å². The van der Waals surface area contributed by atoms with Gasteiger partial charge in [-0.15, -0.1) is 0 Å². The van der Waals surface area contributed by atoms with Gasteiger partial charge in [0.25, 0.3) is 0 Å². The summed E-state index contributed by atoms with van der Waals surface area (Å²) in [7, 11) is 0. The van der Waals surface area contributed by atoms with Crippen molar-refractivity contribution in [2.75, 3.05) is 13.1 Å². The number of hydrogen-bond donors (Lipinski definition) is 1. The fraction of sp³-hybridized carbons (Fsp3) is 0.462. The maximum atomic E-state index is 4.71. The molecular weight excluding hydrogens is 278 g/mol. The summed E-state index contributed by atoms with van der Waals surface area (Å²) in [5, 5.41) is 3.45. The van der Waals surface area contributed by atoms with Crippen molar-refractivity contribution in [3.05, 3.63) is 34.3 Å². The van der Waals surface area contributed by atoms with Crippen LogP contribution in [0.2, 0.25) is 0 Å². The number of rotatable bonds is 1. The molecule has 1 N–H and O–H groups in total. The summed E-state index contributed by atoms with van der Waals surface area (Å²) in [6.45, 7) is 4.31. The van der Waals surface area contributed by atoms with E-state index in [4.69, 9.17) is 4.98 Å². The van der Waals surface area contributed by atoms with Gasteiger partial charge in [-0.05, 0) is 53.9 Å². The van der Waals surface area contributed by atoms with E-state index in [0.29, 0.717) is 5.92 Å². The molecule has 0 radical (unpaired) electrons. The average molecular weight is 294 g/mol. The van der Waals surface area contributed by atoms with Gasteiger partial charge in [0.15, 0.2) is 0 Å². The van der Waals surface area contributed by atoms with Crippen LogP contribution >= 0.6 is 15.9 Å². The fourth-order valence-electron chi connectivity index (χ4n) is 2.64. The number of piperidine rings is 1. The van der Waals surface area contributed by atoms with Crippen LogP contribution < -0.4 is 5.32 Å². The number of hydrogen-bond acceptors (Lipinski definition) is 2. The molecule has 1 fully saturated rings. The van der Waals surface area contributed by atoms with Crippen LogP contribution in [0, 0.1) is 6.92 Å². The van der Waals surface area contributed by atoms with E-state index in [1.54, 1.807) is 0 Å². The van der Waals surface area contributed by atoms with E-state index < -0.39 is 0 Å². The normalized spacial score (nSPS) is 20.9. The van der Waals surface area contributed by atoms with E-state index in [2.05, 4.69) is 50.9 Å². The Morgan fingerprint density at radius 1 is 1.53 bits per heavy atom. The largest absolute Gasteiger partial charge is 0.316 e. The van der Waals surface area contributed by atoms with Gasteiger partial charge in [0, 0.05) is 18.7 Å². The highest BCUT2D eigenvalue weighted by atomic mass is 79.9. The molecule has 1 aliphatic heterocycles. The Balaban J connectivity index is 2.13. The molecule has 4 heteroatoms. The number of nitrogens with zero attached hydrogens (tertiary/aromatic N) is 2. The van der Waals surface area contributed by atoms with Crippen LogP contribution in [-0.2, 0) is 0 Å². The summed E-state index contributed by atoms with van der Waals surface area (Å²) >= 11 is 3.58. The molecule has 2 aromatic heterocycles. The minimum Gasteiger partial charge on any atom is -0.316 e. The Labute approximate surface area is 109 Å². The third-order valence-electron chi connectivity index (χ3n) is 3.51. The van der Waals surface area contributed by atoms with Gasteiger partial charge >= 0.3 is 0 Å². The van der Waals surface area contributed by atoms with Crippen molar-refractivity contribution in [3.8, 4) is 0 Å². The van der Waals surface area contributed by atoms with E-state index in [1.165, 1.54) is 29.7 Å². The van der Waals surface area contributed by atoms with Crippen LogP contribution in [-0.4, -0.2) is 22.5 Å². The molecule has 3 nitrogen and oxygen atoms in total. The van der Waals surface area contributed by atoms with Crippen molar-refractivity contribution in [3.63, 3.8) is 0 Å². The quantitative estimate of drug-likeness (QED) is 0.876. The highest BCUT2D eigenvalue weighted by Gasteiger charge is 2.21. The zero-order chi connectivity index (χ0) is 11.8. The summed E-state index contributed by atoms with van der Waals surface area (Å²) in [5.74, 6) is 1.71. The molecule has 2 aromatic rings. The summed E-state index contributed by atoms with van der Waals surface area (Å²) in [6.07, 6.45) is 4.58. The van der Waals surface area contributed by atoms with E-state index in [-0.39, 0.29) is 0 Å². The Kier molecular flexibility index (Phi) is 2.92. The highest BCUT2D eigenvalue weighted by Crippen LogP contribution is 2.28.